The van der Waals surface area contributed by atoms with E-state index < -0.39 is 7.92 Å². The van der Waals surface area contributed by atoms with Gasteiger partial charge >= 0.3 is 0 Å². The first-order valence-corrected chi connectivity index (χ1v) is 12.0. The third-order valence-corrected chi connectivity index (χ3v) is 8.57. The first-order valence-electron chi connectivity index (χ1n) is 10.7. The zero-order valence-corrected chi connectivity index (χ0v) is 18.0. The number of hydrogen-bond donors (Lipinski definition) is 0. The van der Waals surface area contributed by atoms with E-state index in [9.17, 15) is 0 Å². The van der Waals surface area contributed by atoms with Crippen molar-refractivity contribution < 1.29 is 4.74 Å². The van der Waals surface area contributed by atoms with Crippen LogP contribution in [0.3, 0.4) is 0 Å². The maximum Gasteiger partial charge on any atom is 0.217 e. The third-order valence-electron chi connectivity index (χ3n) is 6.07. The Morgan fingerprint density at radius 3 is 2.03 bits per heavy atom. The van der Waals surface area contributed by atoms with Crippen LogP contribution in [0.15, 0.2) is 114 Å². The van der Waals surface area contributed by atoms with Crippen molar-refractivity contribution in [3.8, 4) is 0 Å². The van der Waals surface area contributed by atoms with Crippen LogP contribution < -0.4 is 15.9 Å². The summed E-state index contributed by atoms with van der Waals surface area (Å²) in [7, 11) is -0.711. The Hall–Kier alpha value is -3.22. The second-order valence-electron chi connectivity index (χ2n) is 7.96. The van der Waals surface area contributed by atoms with Crippen molar-refractivity contribution >= 4 is 29.7 Å². The molecule has 150 valence electrons. The molecule has 0 bridgehead atoms. The lowest BCUT2D eigenvalue weighted by molar-refractivity contribution is 0.206. The van der Waals surface area contributed by atoms with Gasteiger partial charge in [0.1, 0.15) is 12.1 Å². The number of aliphatic imine (C=N–C) groups is 1. The molecule has 0 amide bonds. The van der Waals surface area contributed by atoms with E-state index in [-0.39, 0.29) is 12.1 Å². The van der Waals surface area contributed by atoms with Gasteiger partial charge in [0.25, 0.3) is 0 Å². The number of benzene rings is 4. The molecule has 0 aromatic heterocycles. The summed E-state index contributed by atoms with van der Waals surface area (Å²) in [5.74, 6) is 0.791. The van der Waals surface area contributed by atoms with Gasteiger partial charge in [0.2, 0.25) is 5.90 Å². The molecule has 0 spiro atoms. The fourth-order valence-electron chi connectivity index (χ4n) is 4.66. The molecule has 1 aliphatic heterocycles. The van der Waals surface area contributed by atoms with E-state index >= 15 is 0 Å². The van der Waals surface area contributed by atoms with Crippen LogP contribution in [0.4, 0.5) is 0 Å². The molecule has 2 nitrogen and oxygen atoms in total. The lowest BCUT2D eigenvalue weighted by atomic mass is 10.1. The molecule has 0 saturated heterocycles. The summed E-state index contributed by atoms with van der Waals surface area (Å²) in [4.78, 5) is 5.10. The van der Waals surface area contributed by atoms with Gasteiger partial charge in [-0.3, -0.25) is 0 Å². The summed E-state index contributed by atoms with van der Waals surface area (Å²) in [6, 6.07) is 39.0. The normalized spacial score (nSPS) is 18.9. The van der Waals surface area contributed by atoms with E-state index in [0.717, 1.165) is 17.9 Å². The molecule has 2 unspecified atom stereocenters. The van der Waals surface area contributed by atoms with Gasteiger partial charge in [0.05, 0.1) is 0 Å². The van der Waals surface area contributed by atoms with E-state index in [1.54, 1.807) is 0 Å². The standard InChI is InChI=1S/C28H22NOP/c1-3-12-21(13-4-1)31(22-14-5-2-6-15-22)26-18-10-9-17-24(26)28-29-27-23-16-8-7-11-20(23)19-25(27)30-28/h1-18,25,27H,19H2. The first kappa shape index (κ1) is 18.5. The van der Waals surface area contributed by atoms with Gasteiger partial charge in [-0.05, 0) is 41.0 Å². The molecule has 1 heterocycles. The summed E-state index contributed by atoms with van der Waals surface area (Å²) in [6.45, 7) is 0. The van der Waals surface area contributed by atoms with Gasteiger partial charge in [-0.15, -0.1) is 0 Å². The van der Waals surface area contributed by atoms with Crippen molar-refractivity contribution in [1.29, 1.82) is 0 Å². The monoisotopic (exact) mass is 419 g/mol. The predicted molar refractivity (Wildman–Crippen MR) is 129 cm³/mol. The summed E-state index contributed by atoms with van der Waals surface area (Å²) in [5, 5.41) is 3.96. The Balaban J connectivity index is 1.47. The van der Waals surface area contributed by atoms with E-state index in [0.29, 0.717) is 0 Å². The highest BCUT2D eigenvalue weighted by atomic mass is 31.1. The lowest BCUT2D eigenvalue weighted by Gasteiger charge is -2.22. The number of nitrogens with zero attached hydrogens (tertiary/aromatic N) is 1. The first-order chi connectivity index (χ1) is 15.4. The molecule has 2 atom stereocenters. The molecule has 4 aromatic carbocycles. The zero-order chi connectivity index (χ0) is 20.6. The minimum absolute atomic E-state index is 0.110. The van der Waals surface area contributed by atoms with Crippen molar-refractivity contribution in [3.05, 3.63) is 126 Å². The molecule has 0 saturated carbocycles. The topological polar surface area (TPSA) is 21.6 Å². The SMILES string of the molecule is c1ccc(P(c2ccccc2)c2ccccc2C2=NC3c4ccccc4CC3O2)cc1. The Morgan fingerprint density at radius 2 is 1.29 bits per heavy atom. The van der Waals surface area contributed by atoms with Crippen molar-refractivity contribution in [1.82, 2.24) is 0 Å². The lowest BCUT2D eigenvalue weighted by Crippen LogP contribution is -2.26. The molecule has 0 N–H and O–H groups in total. The maximum absolute atomic E-state index is 6.48. The molecule has 1 aliphatic carbocycles. The Labute approximate surface area is 184 Å². The Morgan fingerprint density at radius 1 is 0.677 bits per heavy atom. The van der Waals surface area contributed by atoms with Crippen LogP contribution in [0, 0.1) is 0 Å². The molecule has 31 heavy (non-hydrogen) atoms. The highest BCUT2D eigenvalue weighted by Crippen LogP contribution is 2.42. The summed E-state index contributed by atoms with van der Waals surface area (Å²) in [5.41, 5.74) is 3.80. The molecule has 0 fully saturated rings. The summed E-state index contributed by atoms with van der Waals surface area (Å²) >= 11 is 0. The smallest absolute Gasteiger partial charge is 0.217 e. The largest absolute Gasteiger partial charge is 0.471 e. The van der Waals surface area contributed by atoms with E-state index in [1.165, 1.54) is 27.0 Å². The average molecular weight is 419 g/mol. The number of hydrogen-bond acceptors (Lipinski definition) is 2. The number of ether oxygens (including phenoxy) is 1. The Bertz CT molecular complexity index is 1210. The second kappa shape index (κ2) is 7.80. The van der Waals surface area contributed by atoms with Crippen molar-refractivity contribution in [2.24, 2.45) is 4.99 Å². The van der Waals surface area contributed by atoms with Crippen molar-refractivity contribution in [3.63, 3.8) is 0 Å². The molecule has 3 heteroatoms. The van der Waals surface area contributed by atoms with Crippen molar-refractivity contribution in [2.45, 2.75) is 18.6 Å². The van der Waals surface area contributed by atoms with Gasteiger partial charge in [0, 0.05) is 12.0 Å². The molecule has 6 rings (SSSR count). The minimum atomic E-state index is -0.711. The number of rotatable bonds is 4. The molecular formula is C28H22NOP. The zero-order valence-electron chi connectivity index (χ0n) is 17.1. The fraction of sp³-hybridized carbons (Fsp3) is 0.107. The summed E-state index contributed by atoms with van der Waals surface area (Å²) < 4.78 is 6.48. The van der Waals surface area contributed by atoms with E-state index in [4.69, 9.17) is 9.73 Å². The van der Waals surface area contributed by atoms with Gasteiger partial charge in [-0.2, -0.15) is 0 Å². The van der Waals surface area contributed by atoms with E-state index in [2.05, 4.69) is 109 Å². The van der Waals surface area contributed by atoms with Crippen LogP contribution >= 0.6 is 7.92 Å². The van der Waals surface area contributed by atoms with Crippen LogP contribution in [0.1, 0.15) is 22.7 Å². The predicted octanol–water partition coefficient (Wildman–Crippen LogP) is 4.89. The van der Waals surface area contributed by atoms with Crippen molar-refractivity contribution in [2.75, 3.05) is 0 Å². The maximum atomic E-state index is 6.48. The third kappa shape index (κ3) is 3.28. The number of fused-ring (bicyclic) bond motifs is 3. The average Bonchev–Trinajstić information content (AvgIpc) is 3.39. The van der Waals surface area contributed by atoms with Crippen LogP contribution in [-0.4, -0.2) is 12.0 Å². The van der Waals surface area contributed by atoms with Crippen LogP contribution in [0.2, 0.25) is 0 Å². The Kier molecular flexibility index (Phi) is 4.66. The molecule has 2 aliphatic rings. The van der Waals surface area contributed by atoms with Gasteiger partial charge in [-0.25, -0.2) is 4.99 Å². The summed E-state index contributed by atoms with van der Waals surface area (Å²) in [6.07, 6.45) is 1.04. The van der Waals surface area contributed by atoms with Gasteiger partial charge < -0.3 is 4.74 Å². The van der Waals surface area contributed by atoms with Crippen LogP contribution in [0.5, 0.6) is 0 Å². The molecule has 4 aromatic rings. The molecular weight excluding hydrogens is 397 g/mol. The highest BCUT2D eigenvalue weighted by Gasteiger charge is 2.40. The van der Waals surface area contributed by atoms with E-state index in [1.807, 2.05) is 0 Å². The second-order valence-corrected chi connectivity index (χ2v) is 10.1. The van der Waals surface area contributed by atoms with Crippen LogP contribution in [-0.2, 0) is 11.2 Å². The van der Waals surface area contributed by atoms with Crippen LogP contribution in [0.25, 0.3) is 0 Å². The minimum Gasteiger partial charge on any atom is -0.471 e. The highest BCUT2D eigenvalue weighted by molar-refractivity contribution is 7.80. The van der Waals surface area contributed by atoms with Gasteiger partial charge in [0.15, 0.2) is 0 Å². The quantitative estimate of drug-likeness (QED) is 0.432. The fourth-order valence-corrected chi connectivity index (χ4v) is 7.10. The van der Waals surface area contributed by atoms with Gasteiger partial charge in [-0.1, -0.05) is 103 Å². The molecule has 0 radical (unpaired) electrons.